The van der Waals surface area contributed by atoms with Crippen molar-refractivity contribution in [3.63, 3.8) is 0 Å². The first kappa shape index (κ1) is 17.8. The second kappa shape index (κ2) is 7.07. The normalized spacial score (nSPS) is 13.5. The predicted molar refractivity (Wildman–Crippen MR) is 87.6 cm³/mol. The van der Waals surface area contributed by atoms with Gasteiger partial charge in [-0.2, -0.15) is 0 Å². The fourth-order valence-corrected chi connectivity index (χ4v) is 2.73. The highest BCUT2D eigenvalue weighted by molar-refractivity contribution is 5.99. The van der Waals surface area contributed by atoms with E-state index in [1.165, 1.54) is 23.1 Å². The van der Waals surface area contributed by atoms with Gasteiger partial charge in [0.05, 0.1) is 5.69 Å². The minimum absolute atomic E-state index is 0.0416. The van der Waals surface area contributed by atoms with Gasteiger partial charge in [-0.15, -0.1) is 13.2 Å². The maximum Gasteiger partial charge on any atom is 0.573 e. The fraction of sp³-hybridized carbons (Fsp3) is 0.222. The van der Waals surface area contributed by atoms with Gasteiger partial charge >= 0.3 is 6.36 Å². The smallest absolute Gasteiger partial charge is 0.404 e. The largest absolute Gasteiger partial charge is 0.573 e. The monoisotopic (exact) mass is 364 g/mol. The van der Waals surface area contributed by atoms with Crippen LogP contribution in [-0.4, -0.2) is 29.6 Å². The third kappa shape index (κ3) is 4.14. The van der Waals surface area contributed by atoms with Crippen LogP contribution in [0.25, 0.3) is 0 Å². The molecular formula is C18H15F3N2O3. The van der Waals surface area contributed by atoms with Crippen LogP contribution in [0, 0.1) is 0 Å². The van der Waals surface area contributed by atoms with Crippen molar-refractivity contribution in [2.24, 2.45) is 0 Å². The van der Waals surface area contributed by atoms with Crippen molar-refractivity contribution in [3.8, 4) is 5.75 Å². The van der Waals surface area contributed by atoms with Gasteiger partial charge in [0, 0.05) is 25.1 Å². The Labute approximate surface area is 147 Å². The molecule has 0 atom stereocenters. The van der Waals surface area contributed by atoms with Gasteiger partial charge in [0.25, 0.3) is 5.91 Å². The Hall–Kier alpha value is -3.03. The maximum atomic E-state index is 12.4. The van der Waals surface area contributed by atoms with E-state index in [2.05, 4.69) is 10.1 Å². The van der Waals surface area contributed by atoms with Crippen molar-refractivity contribution < 1.29 is 27.5 Å². The molecule has 26 heavy (non-hydrogen) atoms. The van der Waals surface area contributed by atoms with E-state index in [1.54, 1.807) is 12.1 Å². The third-order valence-electron chi connectivity index (χ3n) is 3.89. The van der Waals surface area contributed by atoms with E-state index in [0.717, 1.165) is 11.6 Å². The Balaban J connectivity index is 1.58. The average Bonchev–Trinajstić information content (AvgIpc) is 2.90. The molecule has 1 aliphatic rings. The number of nitrogens with one attached hydrogen (secondary N) is 1. The Morgan fingerprint density at radius 1 is 1.12 bits per heavy atom. The van der Waals surface area contributed by atoms with Crippen molar-refractivity contribution in [2.45, 2.75) is 19.3 Å². The van der Waals surface area contributed by atoms with Crippen LogP contribution >= 0.6 is 0 Å². The number of rotatable bonds is 5. The number of hydrogen-bond donors (Lipinski definition) is 1. The lowest BCUT2D eigenvalue weighted by molar-refractivity contribution is -0.274. The number of hydrogen-bond acceptors (Lipinski definition) is 3. The molecule has 136 valence electrons. The highest BCUT2D eigenvalue weighted by Gasteiger charge is 2.32. The Bertz CT molecular complexity index is 836. The molecule has 0 aromatic heterocycles. The number of ether oxygens (including phenoxy) is 1. The molecule has 0 spiro atoms. The molecule has 1 heterocycles. The van der Waals surface area contributed by atoms with E-state index in [0.29, 0.717) is 12.1 Å². The average molecular weight is 364 g/mol. The molecule has 0 bridgehead atoms. The molecular weight excluding hydrogens is 349 g/mol. The first-order chi connectivity index (χ1) is 12.3. The highest BCUT2D eigenvalue weighted by atomic mass is 19.4. The van der Waals surface area contributed by atoms with Crippen LogP contribution in [-0.2, 0) is 11.3 Å². The summed E-state index contributed by atoms with van der Waals surface area (Å²) in [5, 5.41) is 2.39. The Kier molecular flexibility index (Phi) is 4.83. The number of alkyl halides is 3. The van der Waals surface area contributed by atoms with Gasteiger partial charge in [-0.3, -0.25) is 9.59 Å². The number of halogens is 3. The van der Waals surface area contributed by atoms with Crippen LogP contribution in [0.4, 0.5) is 18.9 Å². The van der Waals surface area contributed by atoms with Crippen molar-refractivity contribution in [1.82, 2.24) is 4.90 Å². The number of amides is 2. The first-order valence-electron chi connectivity index (χ1n) is 7.85. The minimum Gasteiger partial charge on any atom is -0.404 e. The number of fused-ring (bicyclic) bond motifs is 1. The number of para-hydroxylation sites is 2. The van der Waals surface area contributed by atoms with E-state index < -0.39 is 18.0 Å². The third-order valence-corrected chi connectivity index (χ3v) is 3.89. The number of carbonyl (C=O) groups is 2. The van der Waals surface area contributed by atoms with Gasteiger partial charge in [0.15, 0.2) is 5.75 Å². The van der Waals surface area contributed by atoms with E-state index in [9.17, 15) is 22.8 Å². The number of benzene rings is 2. The molecule has 0 radical (unpaired) electrons. The molecule has 2 aromatic rings. The minimum atomic E-state index is -4.85. The summed E-state index contributed by atoms with van der Waals surface area (Å²) < 4.78 is 41.1. The molecule has 0 fully saturated rings. The van der Waals surface area contributed by atoms with Crippen LogP contribution in [0.1, 0.15) is 22.3 Å². The summed E-state index contributed by atoms with van der Waals surface area (Å²) in [7, 11) is 0. The molecule has 0 saturated heterocycles. The van der Waals surface area contributed by atoms with E-state index in [1.807, 2.05) is 12.1 Å². The van der Waals surface area contributed by atoms with Crippen LogP contribution < -0.4 is 10.1 Å². The first-order valence-corrected chi connectivity index (χ1v) is 7.85. The summed E-state index contributed by atoms with van der Waals surface area (Å²) in [4.78, 5) is 25.8. The van der Waals surface area contributed by atoms with Gasteiger partial charge in [-0.05, 0) is 23.8 Å². The quantitative estimate of drug-likeness (QED) is 0.882. The standard InChI is InChI=1S/C18H15F3N2O3/c19-18(20,21)26-15-8-4-3-7-14(15)22-16(24)9-10-23-11-12-5-1-2-6-13(12)17(23)25/h1-8H,9-11H2,(H,22,24). The van der Waals surface area contributed by atoms with Crippen LogP contribution in [0.15, 0.2) is 48.5 Å². The van der Waals surface area contributed by atoms with Crippen LogP contribution in [0.3, 0.4) is 0 Å². The van der Waals surface area contributed by atoms with Crippen molar-refractivity contribution in [2.75, 3.05) is 11.9 Å². The maximum absolute atomic E-state index is 12.4. The molecule has 8 heteroatoms. The van der Waals surface area contributed by atoms with E-state index in [-0.39, 0.29) is 24.6 Å². The Morgan fingerprint density at radius 2 is 1.81 bits per heavy atom. The van der Waals surface area contributed by atoms with Crippen LogP contribution in [0.2, 0.25) is 0 Å². The zero-order valence-corrected chi connectivity index (χ0v) is 13.5. The van der Waals surface area contributed by atoms with Crippen LogP contribution in [0.5, 0.6) is 5.75 Å². The summed E-state index contributed by atoms with van der Waals surface area (Å²) >= 11 is 0. The molecule has 2 aromatic carbocycles. The summed E-state index contributed by atoms with van der Waals surface area (Å²) in [5.74, 6) is -1.15. The molecule has 5 nitrogen and oxygen atoms in total. The summed E-state index contributed by atoms with van der Waals surface area (Å²) in [6, 6.07) is 12.5. The zero-order valence-electron chi connectivity index (χ0n) is 13.5. The summed E-state index contributed by atoms with van der Waals surface area (Å²) in [6.07, 6.45) is -4.89. The second-order valence-corrected chi connectivity index (χ2v) is 5.73. The van der Waals surface area contributed by atoms with E-state index in [4.69, 9.17) is 0 Å². The molecule has 1 aliphatic heterocycles. The fourth-order valence-electron chi connectivity index (χ4n) is 2.73. The summed E-state index contributed by atoms with van der Waals surface area (Å²) in [6.45, 7) is 0.581. The van der Waals surface area contributed by atoms with Gasteiger partial charge in [-0.25, -0.2) is 0 Å². The van der Waals surface area contributed by atoms with Gasteiger partial charge in [0.1, 0.15) is 0 Å². The van der Waals surface area contributed by atoms with Gasteiger partial charge in [0.2, 0.25) is 5.91 Å². The predicted octanol–water partition coefficient (Wildman–Crippen LogP) is 3.57. The molecule has 3 rings (SSSR count). The zero-order chi connectivity index (χ0) is 18.7. The lowest BCUT2D eigenvalue weighted by atomic mass is 10.1. The van der Waals surface area contributed by atoms with Gasteiger partial charge in [-0.1, -0.05) is 30.3 Å². The number of carbonyl (C=O) groups excluding carboxylic acids is 2. The molecule has 0 unspecified atom stereocenters. The second-order valence-electron chi connectivity index (χ2n) is 5.73. The lowest BCUT2D eigenvalue weighted by Crippen LogP contribution is -2.28. The lowest BCUT2D eigenvalue weighted by Gasteiger charge is -2.16. The van der Waals surface area contributed by atoms with Crippen molar-refractivity contribution in [1.29, 1.82) is 0 Å². The SMILES string of the molecule is O=C(CCN1Cc2ccccc2C1=O)Nc1ccccc1OC(F)(F)F. The summed E-state index contributed by atoms with van der Waals surface area (Å²) in [5.41, 5.74) is 1.42. The van der Waals surface area contributed by atoms with E-state index >= 15 is 0 Å². The number of nitrogens with zero attached hydrogens (tertiary/aromatic N) is 1. The highest BCUT2D eigenvalue weighted by Crippen LogP contribution is 2.30. The number of anilines is 1. The van der Waals surface area contributed by atoms with Gasteiger partial charge < -0.3 is 15.0 Å². The molecule has 0 saturated carbocycles. The van der Waals surface area contributed by atoms with Crippen molar-refractivity contribution in [3.05, 3.63) is 59.7 Å². The Morgan fingerprint density at radius 3 is 2.54 bits per heavy atom. The molecule has 0 aliphatic carbocycles. The van der Waals surface area contributed by atoms with Crippen molar-refractivity contribution >= 4 is 17.5 Å². The topological polar surface area (TPSA) is 58.6 Å². The molecule has 2 amide bonds. The molecule has 1 N–H and O–H groups in total.